The second-order valence-corrected chi connectivity index (χ2v) is 8.71. The minimum atomic E-state index is -2.74. The Morgan fingerprint density at radius 3 is 2.37 bits per heavy atom. The summed E-state index contributed by atoms with van der Waals surface area (Å²) in [4.78, 5) is 30.8. The molecule has 10 heteroatoms. The van der Waals surface area contributed by atoms with E-state index in [-0.39, 0.29) is 5.69 Å². The minimum Gasteiger partial charge on any atom is -0.373 e. The molecule has 8 nitrogen and oxygen atoms in total. The van der Waals surface area contributed by atoms with E-state index in [2.05, 4.69) is 30.8 Å². The van der Waals surface area contributed by atoms with E-state index in [1.807, 2.05) is 43.3 Å². The molecule has 194 valence electrons. The number of amides is 1. The Hall–Kier alpha value is -4.60. The molecule has 3 heterocycles. The lowest BCUT2D eigenvalue weighted by molar-refractivity contribution is -0.108. The van der Waals surface area contributed by atoms with Crippen molar-refractivity contribution in [2.45, 2.75) is 26.2 Å². The maximum Gasteiger partial charge on any atom is 0.282 e. The van der Waals surface area contributed by atoms with Gasteiger partial charge in [-0.1, -0.05) is 6.07 Å². The monoisotopic (exact) mass is 516 g/mol. The molecule has 2 N–H and O–H groups in total. The van der Waals surface area contributed by atoms with Crippen molar-refractivity contribution in [1.29, 1.82) is 0 Å². The van der Waals surface area contributed by atoms with Gasteiger partial charge in [-0.05, 0) is 85.0 Å². The van der Waals surface area contributed by atoms with E-state index in [0.29, 0.717) is 11.6 Å². The molecule has 0 spiro atoms. The highest BCUT2D eigenvalue weighted by atomic mass is 19.3. The largest absolute Gasteiger partial charge is 0.373 e. The Morgan fingerprint density at radius 1 is 0.974 bits per heavy atom. The van der Waals surface area contributed by atoms with E-state index in [0.717, 1.165) is 59.0 Å². The Bertz CT molecular complexity index is 1430. The SMILES string of the molecule is CNc1cc(-c2cc(-c3cc(NC(=O)c4ccc(C(F)F)nn4)ccc3C)ccn2)ccn1.O=CC1CC1. The molecule has 0 bridgehead atoms. The van der Waals surface area contributed by atoms with Crippen molar-refractivity contribution in [3.05, 3.63) is 83.9 Å². The first-order valence-electron chi connectivity index (χ1n) is 12.0. The van der Waals surface area contributed by atoms with Crippen LogP contribution >= 0.6 is 0 Å². The van der Waals surface area contributed by atoms with Gasteiger partial charge < -0.3 is 15.4 Å². The van der Waals surface area contributed by atoms with Crippen molar-refractivity contribution < 1.29 is 18.4 Å². The van der Waals surface area contributed by atoms with Crippen LogP contribution in [0, 0.1) is 12.8 Å². The van der Waals surface area contributed by atoms with E-state index >= 15 is 0 Å². The molecular weight excluding hydrogens is 490 g/mol. The molecule has 4 aromatic rings. The smallest absolute Gasteiger partial charge is 0.282 e. The molecule has 1 aliphatic rings. The standard InChI is InChI=1S/C24H20F2N6O.C4H6O/c1-14-3-4-17(30-24(33)20-6-5-19(23(25)26)31-32-20)13-18(14)15-7-9-28-21(11-15)16-8-10-29-22(12-16)27-2;5-3-4-1-2-4/h3-13,23H,1-2H3,(H,27,29)(H,30,33);3-4H,1-2H2. The lowest BCUT2D eigenvalue weighted by atomic mass is 9.99. The maximum atomic E-state index is 12.7. The molecule has 0 saturated heterocycles. The molecule has 1 amide bonds. The average molecular weight is 517 g/mol. The Kier molecular flexibility index (Phi) is 8.42. The molecule has 1 fully saturated rings. The van der Waals surface area contributed by atoms with Gasteiger partial charge >= 0.3 is 0 Å². The van der Waals surface area contributed by atoms with Gasteiger partial charge in [-0.3, -0.25) is 9.78 Å². The van der Waals surface area contributed by atoms with Gasteiger partial charge in [0.2, 0.25) is 0 Å². The third kappa shape index (κ3) is 6.78. The van der Waals surface area contributed by atoms with E-state index in [1.54, 1.807) is 25.5 Å². The molecule has 1 aliphatic carbocycles. The topological polar surface area (TPSA) is 110 Å². The lowest BCUT2D eigenvalue weighted by Crippen LogP contribution is -2.15. The van der Waals surface area contributed by atoms with Crippen molar-refractivity contribution in [3.8, 4) is 22.4 Å². The quantitative estimate of drug-likeness (QED) is 0.302. The van der Waals surface area contributed by atoms with Crippen molar-refractivity contribution in [2.75, 3.05) is 17.7 Å². The molecule has 38 heavy (non-hydrogen) atoms. The van der Waals surface area contributed by atoms with Crippen LogP contribution in [0.25, 0.3) is 22.4 Å². The molecule has 1 aromatic carbocycles. The first-order valence-corrected chi connectivity index (χ1v) is 12.0. The summed E-state index contributed by atoms with van der Waals surface area (Å²) in [7, 11) is 1.80. The molecule has 0 unspecified atom stereocenters. The van der Waals surface area contributed by atoms with Crippen LogP contribution in [-0.4, -0.2) is 39.4 Å². The van der Waals surface area contributed by atoms with Gasteiger partial charge in [0.1, 0.15) is 17.8 Å². The van der Waals surface area contributed by atoms with Gasteiger partial charge in [-0.15, -0.1) is 10.2 Å². The fraction of sp³-hybridized carbons (Fsp3) is 0.214. The van der Waals surface area contributed by atoms with E-state index in [9.17, 15) is 18.4 Å². The van der Waals surface area contributed by atoms with Gasteiger partial charge in [0.05, 0.1) is 5.69 Å². The number of benzene rings is 1. The Balaban J connectivity index is 0.000000603. The number of halogens is 2. The Labute approximate surface area is 218 Å². The molecule has 0 atom stereocenters. The third-order valence-corrected chi connectivity index (χ3v) is 5.83. The number of aryl methyl sites for hydroxylation is 1. The summed E-state index contributed by atoms with van der Waals surface area (Å²) in [6.07, 6.45) is 4.02. The molecule has 1 saturated carbocycles. The fourth-order valence-corrected chi connectivity index (χ4v) is 3.50. The third-order valence-electron chi connectivity index (χ3n) is 5.83. The number of rotatable bonds is 7. The number of anilines is 2. The first kappa shape index (κ1) is 26.5. The molecule has 0 radical (unpaired) electrons. The van der Waals surface area contributed by atoms with Crippen LogP contribution in [0.5, 0.6) is 0 Å². The first-order chi connectivity index (χ1) is 18.4. The molecule has 5 rings (SSSR count). The summed E-state index contributed by atoms with van der Waals surface area (Å²) in [5.41, 5.74) is 4.58. The minimum absolute atomic E-state index is 0.0502. The van der Waals surface area contributed by atoms with Crippen LogP contribution in [0.3, 0.4) is 0 Å². The number of aldehydes is 1. The molecule has 0 aliphatic heterocycles. The zero-order valence-electron chi connectivity index (χ0n) is 20.9. The summed E-state index contributed by atoms with van der Waals surface area (Å²) >= 11 is 0. The number of hydrogen-bond donors (Lipinski definition) is 2. The van der Waals surface area contributed by atoms with Crippen molar-refractivity contribution in [2.24, 2.45) is 5.92 Å². The number of nitrogens with zero attached hydrogens (tertiary/aromatic N) is 4. The van der Waals surface area contributed by atoms with Gasteiger partial charge in [-0.25, -0.2) is 13.8 Å². The fourth-order valence-electron chi connectivity index (χ4n) is 3.50. The predicted molar refractivity (Wildman–Crippen MR) is 141 cm³/mol. The van der Waals surface area contributed by atoms with Gasteiger partial charge in [0, 0.05) is 36.6 Å². The highest BCUT2D eigenvalue weighted by Crippen LogP contribution is 2.30. The van der Waals surface area contributed by atoms with Crippen molar-refractivity contribution in [3.63, 3.8) is 0 Å². The second kappa shape index (κ2) is 12.1. The summed E-state index contributed by atoms with van der Waals surface area (Å²) < 4.78 is 25.3. The number of carbonyl (C=O) groups excluding carboxylic acids is 2. The number of nitrogens with one attached hydrogen (secondary N) is 2. The molecule has 3 aromatic heterocycles. The van der Waals surface area contributed by atoms with Gasteiger partial charge in [0.25, 0.3) is 12.3 Å². The summed E-state index contributed by atoms with van der Waals surface area (Å²) in [5.74, 6) is 0.658. The Morgan fingerprint density at radius 2 is 1.74 bits per heavy atom. The second-order valence-electron chi connectivity index (χ2n) is 8.71. The van der Waals surface area contributed by atoms with Crippen LogP contribution < -0.4 is 10.6 Å². The van der Waals surface area contributed by atoms with E-state index in [1.165, 1.54) is 6.07 Å². The summed E-state index contributed by atoms with van der Waals surface area (Å²) in [6.45, 7) is 1.97. The zero-order valence-corrected chi connectivity index (χ0v) is 20.9. The number of aromatic nitrogens is 4. The number of pyridine rings is 2. The van der Waals surface area contributed by atoms with E-state index < -0.39 is 18.0 Å². The predicted octanol–water partition coefficient (Wildman–Crippen LogP) is 5.74. The van der Waals surface area contributed by atoms with Crippen LogP contribution in [0.4, 0.5) is 20.3 Å². The van der Waals surface area contributed by atoms with Gasteiger partial charge in [-0.2, -0.15) is 0 Å². The average Bonchev–Trinajstić information content (AvgIpc) is 3.79. The number of hydrogen-bond acceptors (Lipinski definition) is 7. The lowest BCUT2D eigenvalue weighted by Gasteiger charge is -2.12. The van der Waals surface area contributed by atoms with Crippen LogP contribution in [0.15, 0.2) is 67.0 Å². The number of alkyl halides is 2. The van der Waals surface area contributed by atoms with Crippen LogP contribution in [0.1, 0.15) is 41.0 Å². The number of carbonyl (C=O) groups is 2. The molecular formula is C28H26F2N6O2. The highest BCUT2D eigenvalue weighted by molar-refractivity contribution is 6.03. The van der Waals surface area contributed by atoms with Crippen molar-refractivity contribution in [1.82, 2.24) is 20.2 Å². The maximum absolute atomic E-state index is 12.7. The highest BCUT2D eigenvalue weighted by Gasteiger charge is 2.19. The summed E-state index contributed by atoms with van der Waals surface area (Å²) in [5, 5.41) is 12.7. The zero-order chi connectivity index (χ0) is 27.1. The van der Waals surface area contributed by atoms with Crippen molar-refractivity contribution >= 4 is 23.7 Å². The normalized spacial score (nSPS) is 12.3. The van der Waals surface area contributed by atoms with E-state index in [4.69, 9.17) is 0 Å². The van der Waals surface area contributed by atoms with Gasteiger partial charge in [0.15, 0.2) is 5.69 Å². The van der Waals surface area contributed by atoms with Crippen LogP contribution in [-0.2, 0) is 4.79 Å². The van der Waals surface area contributed by atoms with Crippen LogP contribution in [0.2, 0.25) is 0 Å². The summed E-state index contributed by atoms with van der Waals surface area (Å²) in [6, 6.07) is 15.5.